The lowest BCUT2D eigenvalue weighted by molar-refractivity contribution is -0.123. The first kappa shape index (κ1) is 67.8. The van der Waals surface area contributed by atoms with Crippen LogP contribution in [-0.4, -0.2) is 34.9 Å². The van der Waals surface area contributed by atoms with Crippen LogP contribution in [0.25, 0.3) is 0 Å². The van der Waals surface area contributed by atoms with Gasteiger partial charge in [0, 0.05) is 6.42 Å². The van der Waals surface area contributed by atoms with Crippen molar-refractivity contribution >= 4 is 5.91 Å². The standard InChI is InChI=1S/C66H121NO3/c1-3-5-7-9-11-13-15-17-19-21-23-25-26-27-28-29-30-31-32-33-34-35-36-37-38-39-40-42-44-46-48-50-52-54-56-58-60-62-66(70)67-64(63-68)65(69)61-59-57-55-53-51-49-47-45-43-41-24-22-20-18-16-14-12-10-8-6-4-2/h5,7,11,13,17,19,23,25,27-28,59,61,64-65,68-69H,3-4,6,8-10,12,14-16,18,20-22,24,26,29-58,60,62-63H2,1-2H3,(H,67,70)/b7-5-,13-11-,19-17-,25-23-,28-27-,61-59+. The Morgan fingerprint density at radius 2 is 0.629 bits per heavy atom. The van der Waals surface area contributed by atoms with Gasteiger partial charge in [-0.25, -0.2) is 0 Å². The Morgan fingerprint density at radius 1 is 0.357 bits per heavy atom. The van der Waals surface area contributed by atoms with Gasteiger partial charge < -0.3 is 15.5 Å². The third kappa shape index (κ3) is 56.7. The number of carbonyl (C=O) groups is 1. The Bertz CT molecular complexity index is 1200. The summed E-state index contributed by atoms with van der Waals surface area (Å²) in [6.45, 7) is 4.22. The molecule has 0 aromatic carbocycles. The van der Waals surface area contributed by atoms with Gasteiger partial charge in [-0.2, -0.15) is 0 Å². The normalized spacial score (nSPS) is 13.3. The first-order valence-electron chi connectivity index (χ1n) is 31.2. The summed E-state index contributed by atoms with van der Waals surface area (Å²) in [5, 5.41) is 23.2. The minimum Gasteiger partial charge on any atom is -0.394 e. The Balaban J connectivity index is 3.45. The minimum absolute atomic E-state index is 0.0594. The van der Waals surface area contributed by atoms with Crippen LogP contribution in [0.4, 0.5) is 0 Å². The summed E-state index contributed by atoms with van der Waals surface area (Å²) in [6.07, 6.45) is 88.1. The van der Waals surface area contributed by atoms with E-state index >= 15 is 0 Å². The molecule has 0 aliphatic carbocycles. The highest BCUT2D eigenvalue weighted by atomic mass is 16.3. The molecule has 0 aromatic heterocycles. The molecule has 0 saturated heterocycles. The third-order valence-electron chi connectivity index (χ3n) is 14.2. The van der Waals surface area contributed by atoms with E-state index in [0.29, 0.717) is 6.42 Å². The highest BCUT2D eigenvalue weighted by molar-refractivity contribution is 5.76. The number of unbranched alkanes of at least 4 members (excludes halogenated alkanes) is 40. The molecule has 0 heterocycles. The summed E-state index contributed by atoms with van der Waals surface area (Å²) in [5.74, 6) is -0.0594. The van der Waals surface area contributed by atoms with E-state index in [1.165, 1.54) is 244 Å². The maximum absolute atomic E-state index is 12.5. The van der Waals surface area contributed by atoms with Gasteiger partial charge in [0.25, 0.3) is 0 Å². The molecule has 0 bridgehead atoms. The quantitative estimate of drug-likeness (QED) is 0.0420. The number of nitrogens with one attached hydrogen (secondary N) is 1. The van der Waals surface area contributed by atoms with Crippen molar-refractivity contribution < 1.29 is 15.0 Å². The van der Waals surface area contributed by atoms with E-state index in [0.717, 1.165) is 57.8 Å². The summed E-state index contributed by atoms with van der Waals surface area (Å²) in [5.41, 5.74) is 0. The maximum atomic E-state index is 12.5. The van der Waals surface area contributed by atoms with Crippen molar-refractivity contribution in [2.75, 3.05) is 6.61 Å². The largest absolute Gasteiger partial charge is 0.394 e. The van der Waals surface area contributed by atoms with Gasteiger partial charge >= 0.3 is 0 Å². The molecule has 0 radical (unpaired) electrons. The van der Waals surface area contributed by atoms with E-state index in [4.69, 9.17) is 0 Å². The minimum atomic E-state index is -0.840. The van der Waals surface area contributed by atoms with E-state index < -0.39 is 12.1 Å². The van der Waals surface area contributed by atoms with E-state index in [1.807, 2.05) is 6.08 Å². The highest BCUT2D eigenvalue weighted by Crippen LogP contribution is 2.18. The molecule has 408 valence electrons. The van der Waals surface area contributed by atoms with Gasteiger partial charge in [0.05, 0.1) is 18.8 Å². The van der Waals surface area contributed by atoms with Crippen LogP contribution in [0.1, 0.15) is 322 Å². The van der Waals surface area contributed by atoms with Gasteiger partial charge in [0.15, 0.2) is 0 Å². The van der Waals surface area contributed by atoms with Crippen LogP contribution < -0.4 is 5.32 Å². The fourth-order valence-corrected chi connectivity index (χ4v) is 9.50. The van der Waals surface area contributed by atoms with Crippen LogP contribution in [0.2, 0.25) is 0 Å². The third-order valence-corrected chi connectivity index (χ3v) is 14.2. The topological polar surface area (TPSA) is 69.6 Å². The van der Waals surface area contributed by atoms with Crippen LogP contribution in [0.5, 0.6) is 0 Å². The molecule has 0 aliphatic rings. The second kappa shape index (κ2) is 61.1. The van der Waals surface area contributed by atoms with Crippen molar-refractivity contribution in [1.29, 1.82) is 0 Å². The van der Waals surface area contributed by atoms with E-state index in [-0.39, 0.29) is 12.5 Å². The van der Waals surface area contributed by atoms with Crippen molar-refractivity contribution in [1.82, 2.24) is 5.32 Å². The second-order valence-corrected chi connectivity index (χ2v) is 21.1. The molecule has 1 amide bonds. The van der Waals surface area contributed by atoms with Crippen molar-refractivity contribution in [3.8, 4) is 0 Å². The molecule has 0 fully saturated rings. The summed E-state index contributed by atoms with van der Waals surface area (Å²) < 4.78 is 0. The smallest absolute Gasteiger partial charge is 0.220 e. The predicted molar refractivity (Wildman–Crippen MR) is 313 cm³/mol. The number of aliphatic hydroxyl groups is 2. The molecule has 3 N–H and O–H groups in total. The molecule has 0 spiro atoms. The number of hydrogen-bond acceptors (Lipinski definition) is 3. The van der Waals surface area contributed by atoms with E-state index in [9.17, 15) is 15.0 Å². The van der Waals surface area contributed by atoms with Crippen LogP contribution in [0.15, 0.2) is 72.9 Å². The highest BCUT2D eigenvalue weighted by Gasteiger charge is 2.18. The summed E-state index contributed by atoms with van der Waals surface area (Å²) in [7, 11) is 0. The molecule has 2 atom stereocenters. The van der Waals surface area contributed by atoms with Gasteiger partial charge in [-0.1, -0.05) is 324 Å². The Hall–Kier alpha value is -2.17. The predicted octanol–water partition coefficient (Wildman–Crippen LogP) is 20.9. The zero-order valence-corrected chi connectivity index (χ0v) is 47.0. The van der Waals surface area contributed by atoms with Crippen molar-refractivity contribution in [3.63, 3.8) is 0 Å². The summed E-state index contributed by atoms with van der Waals surface area (Å²) in [6, 6.07) is -0.623. The Kier molecular flexibility index (Phi) is 59.2. The van der Waals surface area contributed by atoms with Crippen molar-refractivity contribution in [2.45, 2.75) is 334 Å². The summed E-state index contributed by atoms with van der Waals surface area (Å²) >= 11 is 0. The first-order valence-corrected chi connectivity index (χ1v) is 31.2. The first-order chi connectivity index (χ1) is 34.7. The van der Waals surface area contributed by atoms with Crippen LogP contribution in [0.3, 0.4) is 0 Å². The van der Waals surface area contributed by atoms with E-state index in [2.05, 4.69) is 79.9 Å². The fraction of sp³-hybridized carbons (Fsp3) is 0.803. The average Bonchev–Trinajstić information content (AvgIpc) is 3.36. The molecule has 4 nitrogen and oxygen atoms in total. The number of aliphatic hydroxyl groups excluding tert-OH is 2. The number of hydrogen-bond donors (Lipinski definition) is 3. The molecule has 0 saturated carbocycles. The lowest BCUT2D eigenvalue weighted by atomic mass is 10.0. The Morgan fingerprint density at radius 3 is 0.943 bits per heavy atom. The number of rotatable bonds is 57. The SMILES string of the molecule is CC/C=C\C/C=C\C/C=C\C/C=C\C/C=C\CCCCCCCCCCCCCCCCCCCCCCCC(=O)NC(CO)C(O)/C=C/CCCCCCCCCCCCCCCCCCCCC. The fourth-order valence-electron chi connectivity index (χ4n) is 9.50. The molecule has 0 aromatic rings. The van der Waals surface area contributed by atoms with Crippen LogP contribution >= 0.6 is 0 Å². The van der Waals surface area contributed by atoms with Crippen LogP contribution in [-0.2, 0) is 4.79 Å². The van der Waals surface area contributed by atoms with Crippen molar-refractivity contribution in [3.05, 3.63) is 72.9 Å². The lowest BCUT2D eigenvalue weighted by Gasteiger charge is -2.20. The van der Waals surface area contributed by atoms with Gasteiger partial charge in [-0.3, -0.25) is 4.79 Å². The molecule has 2 unspecified atom stereocenters. The summed E-state index contributed by atoms with van der Waals surface area (Å²) in [4.78, 5) is 12.5. The molecular formula is C66H121NO3. The van der Waals surface area contributed by atoms with Gasteiger partial charge in [0.1, 0.15) is 0 Å². The zero-order valence-electron chi connectivity index (χ0n) is 47.0. The zero-order chi connectivity index (χ0) is 50.6. The monoisotopic (exact) mass is 976 g/mol. The average molecular weight is 977 g/mol. The van der Waals surface area contributed by atoms with Crippen molar-refractivity contribution in [2.24, 2.45) is 0 Å². The van der Waals surface area contributed by atoms with Gasteiger partial charge in [-0.05, 0) is 64.2 Å². The van der Waals surface area contributed by atoms with Gasteiger partial charge in [-0.15, -0.1) is 0 Å². The molecule has 4 heteroatoms. The molecule has 0 aliphatic heterocycles. The van der Waals surface area contributed by atoms with Gasteiger partial charge in [0.2, 0.25) is 5.91 Å². The molecule has 70 heavy (non-hydrogen) atoms. The van der Waals surface area contributed by atoms with E-state index in [1.54, 1.807) is 6.08 Å². The molecule has 0 rings (SSSR count). The number of allylic oxidation sites excluding steroid dienone is 11. The number of carbonyl (C=O) groups excluding carboxylic acids is 1. The Labute approximate surface area is 438 Å². The molecular weight excluding hydrogens is 855 g/mol. The lowest BCUT2D eigenvalue weighted by Crippen LogP contribution is -2.45. The maximum Gasteiger partial charge on any atom is 0.220 e. The van der Waals surface area contributed by atoms with Crippen LogP contribution in [0, 0.1) is 0 Å². The number of amides is 1. The second-order valence-electron chi connectivity index (χ2n) is 21.1.